The second-order valence-corrected chi connectivity index (χ2v) is 7.90. The molecule has 134 valence electrons. The lowest BCUT2D eigenvalue weighted by atomic mass is 10.1. The zero-order valence-corrected chi connectivity index (χ0v) is 15.3. The standard InChI is InChI=1S/C20H21N3O2S/c24-14-26(25)17-7-4-15(5-8-17)16-6-9-18-19(12-16)22-20(13-21-18)23-10-2-1-3-11-23/h4-9,12-13,24H,1-3,10-11,14H2. The topological polar surface area (TPSA) is 66.3 Å². The first-order chi connectivity index (χ1) is 12.7. The largest absolute Gasteiger partial charge is 0.383 e. The molecule has 0 bridgehead atoms. The average Bonchev–Trinajstić information content (AvgIpc) is 2.73. The van der Waals surface area contributed by atoms with Crippen LogP contribution in [0.1, 0.15) is 19.3 Å². The molecule has 0 radical (unpaired) electrons. The fourth-order valence-electron chi connectivity index (χ4n) is 3.33. The Hall–Kier alpha value is -2.31. The average molecular weight is 367 g/mol. The number of anilines is 1. The van der Waals surface area contributed by atoms with Gasteiger partial charge in [-0.25, -0.2) is 4.98 Å². The third-order valence-corrected chi connectivity index (χ3v) is 5.81. The number of hydrogen-bond donors (Lipinski definition) is 1. The number of aliphatic hydroxyl groups excluding tert-OH is 1. The molecule has 1 unspecified atom stereocenters. The highest BCUT2D eigenvalue weighted by Crippen LogP contribution is 2.26. The predicted octanol–water partition coefficient (Wildman–Crippen LogP) is 3.34. The van der Waals surface area contributed by atoms with Crippen molar-refractivity contribution in [2.75, 3.05) is 23.9 Å². The molecule has 1 saturated heterocycles. The lowest BCUT2D eigenvalue weighted by Crippen LogP contribution is -2.30. The summed E-state index contributed by atoms with van der Waals surface area (Å²) < 4.78 is 11.7. The van der Waals surface area contributed by atoms with Crippen molar-refractivity contribution >= 4 is 27.7 Å². The Morgan fingerprint density at radius 1 is 0.962 bits per heavy atom. The SMILES string of the molecule is O=S(CO)c1ccc(-c2ccc3ncc(N4CCCCC4)nc3c2)cc1. The maximum absolute atomic E-state index is 11.7. The number of piperidine rings is 1. The first-order valence-electron chi connectivity index (χ1n) is 8.86. The van der Waals surface area contributed by atoms with Gasteiger partial charge in [-0.1, -0.05) is 18.2 Å². The van der Waals surface area contributed by atoms with Gasteiger partial charge in [-0.05, 0) is 54.7 Å². The summed E-state index contributed by atoms with van der Waals surface area (Å²) in [5.41, 5.74) is 3.83. The lowest BCUT2D eigenvalue weighted by Gasteiger charge is -2.27. The molecule has 5 nitrogen and oxygen atoms in total. The molecule has 0 saturated carbocycles. The summed E-state index contributed by atoms with van der Waals surface area (Å²) in [5, 5.41) is 9.01. The van der Waals surface area contributed by atoms with E-state index in [1.54, 1.807) is 12.1 Å². The third kappa shape index (κ3) is 3.48. The Morgan fingerprint density at radius 3 is 2.42 bits per heavy atom. The van der Waals surface area contributed by atoms with Crippen molar-refractivity contribution in [2.45, 2.75) is 24.2 Å². The van der Waals surface area contributed by atoms with Gasteiger partial charge in [0.15, 0.2) is 0 Å². The van der Waals surface area contributed by atoms with Crippen LogP contribution >= 0.6 is 0 Å². The first kappa shape index (κ1) is 17.1. The molecule has 0 amide bonds. The predicted molar refractivity (Wildman–Crippen MR) is 105 cm³/mol. The van der Waals surface area contributed by atoms with E-state index in [0.29, 0.717) is 4.90 Å². The molecule has 3 aromatic rings. The number of nitrogens with zero attached hydrogens (tertiary/aromatic N) is 3. The minimum absolute atomic E-state index is 0.357. The molecule has 6 heteroatoms. The second-order valence-electron chi connectivity index (χ2n) is 6.48. The molecule has 26 heavy (non-hydrogen) atoms. The third-order valence-electron chi connectivity index (χ3n) is 4.78. The Balaban J connectivity index is 1.66. The molecule has 1 aromatic heterocycles. The highest BCUT2D eigenvalue weighted by Gasteiger charge is 2.13. The van der Waals surface area contributed by atoms with Crippen LogP contribution in [0.2, 0.25) is 0 Å². The quantitative estimate of drug-likeness (QED) is 0.766. The van der Waals surface area contributed by atoms with Crippen molar-refractivity contribution in [3.05, 3.63) is 48.7 Å². The summed E-state index contributed by atoms with van der Waals surface area (Å²) in [4.78, 5) is 12.3. The first-order valence-corrected chi connectivity index (χ1v) is 10.2. The van der Waals surface area contributed by atoms with Crippen LogP contribution in [0.5, 0.6) is 0 Å². The lowest BCUT2D eigenvalue weighted by molar-refractivity contribution is 0.368. The van der Waals surface area contributed by atoms with E-state index < -0.39 is 10.8 Å². The van der Waals surface area contributed by atoms with Gasteiger partial charge in [0.2, 0.25) is 0 Å². The van der Waals surface area contributed by atoms with Crippen LogP contribution < -0.4 is 4.90 Å². The minimum Gasteiger partial charge on any atom is -0.383 e. The summed E-state index contributed by atoms with van der Waals surface area (Å²) in [5.74, 6) is 0.590. The van der Waals surface area contributed by atoms with E-state index in [-0.39, 0.29) is 5.94 Å². The molecule has 2 aromatic carbocycles. The van der Waals surface area contributed by atoms with Crippen molar-refractivity contribution in [2.24, 2.45) is 0 Å². The Morgan fingerprint density at radius 2 is 1.69 bits per heavy atom. The number of rotatable bonds is 4. The fraction of sp³-hybridized carbons (Fsp3) is 0.300. The van der Waals surface area contributed by atoms with Crippen LogP contribution in [0.15, 0.2) is 53.6 Å². The fourth-order valence-corrected chi connectivity index (χ4v) is 3.92. The van der Waals surface area contributed by atoms with Gasteiger partial charge in [0.05, 0.1) is 28.0 Å². The Labute approximate surface area is 155 Å². The van der Waals surface area contributed by atoms with E-state index in [2.05, 4.69) is 9.88 Å². The van der Waals surface area contributed by atoms with Gasteiger partial charge in [0.25, 0.3) is 0 Å². The molecule has 0 aliphatic carbocycles. The minimum atomic E-state index is -1.36. The highest BCUT2D eigenvalue weighted by atomic mass is 32.2. The number of hydrogen-bond acceptors (Lipinski definition) is 5. The number of aliphatic hydroxyl groups is 1. The van der Waals surface area contributed by atoms with Gasteiger partial charge in [-0.2, -0.15) is 0 Å². The molecule has 1 aliphatic rings. The molecular formula is C20H21N3O2S. The summed E-state index contributed by atoms with van der Waals surface area (Å²) in [7, 11) is -1.36. The van der Waals surface area contributed by atoms with Crippen LogP contribution in [-0.2, 0) is 10.8 Å². The zero-order chi connectivity index (χ0) is 17.9. The van der Waals surface area contributed by atoms with Crippen molar-refractivity contribution in [1.82, 2.24) is 9.97 Å². The molecule has 1 fully saturated rings. The molecule has 2 heterocycles. The molecule has 1 aliphatic heterocycles. The summed E-state index contributed by atoms with van der Waals surface area (Å²) in [6.45, 7) is 2.09. The van der Waals surface area contributed by atoms with Gasteiger partial charge < -0.3 is 10.0 Å². The van der Waals surface area contributed by atoms with E-state index >= 15 is 0 Å². The van der Waals surface area contributed by atoms with Crippen LogP contribution in [0.4, 0.5) is 5.82 Å². The van der Waals surface area contributed by atoms with Crippen molar-refractivity contribution in [3.63, 3.8) is 0 Å². The summed E-state index contributed by atoms with van der Waals surface area (Å²) >= 11 is 0. The van der Waals surface area contributed by atoms with Crippen LogP contribution in [0, 0.1) is 0 Å². The van der Waals surface area contributed by atoms with Gasteiger partial charge in [-0.15, -0.1) is 0 Å². The smallest absolute Gasteiger partial charge is 0.147 e. The molecule has 4 rings (SSSR count). The maximum atomic E-state index is 11.7. The molecule has 1 atom stereocenters. The van der Waals surface area contributed by atoms with Crippen molar-refractivity contribution in [3.8, 4) is 11.1 Å². The zero-order valence-electron chi connectivity index (χ0n) is 14.5. The monoisotopic (exact) mass is 367 g/mol. The van der Waals surface area contributed by atoms with E-state index in [9.17, 15) is 4.21 Å². The summed E-state index contributed by atoms with van der Waals surface area (Å²) in [6, 6.07) is 13.5. The van der Waals surface area contributed by atoms with Gasteiger partial charge in [-0.3, -0.25) is 9.19 Å². The van der Waals surface area contributed by atoms with E-state index in [4.69, 9.17) is 10.1 Å². The van der Waals surface area contributed by atoms with Gasteiger partial charge in [0, 0.05) is 18.0 Å². The number of fused-ring (bicyclic) bond motifs is 1. The van der Waals surface area contributed by atoms with Crippen LogP contribution in [0.25, 0.3) is 22.2 Å². The molecule has 1 N–H and O–H groups in total. The van der Waals surface area contributed by atoms with Crippen molar-refractivity contribution < 1.29 is 9.32 Å². The van der Waals surface area contributed by atoms with Crippen molar-refractivity contribution in [1.29, 1.82) is 0 Å². The number of benzene rings is 2. The van der Waals surface area contributed by atoms with E-state index in [1.165, 1.54) is 19.3 Å². The van der Waals surface area contributed by atoms with E-state index in [1.807, 2.05) is 36.5 Å². The number of aromatic nitrogens is 2. The normalized spacial score (nSPS) is 16.0. The van der Waals surface area contributed by atoms with E-state index in [0.717, 1.165) is 41.1 Å². The highest BCUT2D eigenvalue weighted by molar-refractivity contribution is 7.84. The maximum Gasteiger partial charge on any atom is 0.147 e. The summed E-state index contributed by atoms with van der Waals surface area (Å²) in [6.07, 6.45) is 5.58. The molecule has 0 spiro atoms. The van der Waals surface area contributed by atoms with Crippen LogP contribution in [0.3, 0.4) is 0 Å². The Bertz CT molecular complexity index is 937. The second kappa shape index (κ2) is 7.51. The molecular weight excluding hydrogens is 346 g/mol. The van der Waals surface area contributed by atoms with Crippen LogP contribution in [-0.4, -0.2) is 38.3 Å². The van der Waals surface area contributed by atoms with Gasteiger partial charge in [0.1, 0.15) is 11.8 Å². The Kier molecular flexibility index (Phi) is 4.95. The van der Waals surface area contributed by atoms with Gasteiger partial charge >= 0.3 is 0 Å².